The van der Waals surface area contributed by atoms with Crippen LogP contribution in [0, 0.1) is 5.82 Å². The number of halogens is 2. The maximum Gasteiger partial charge on any atom is 0.335 e. The van der Waals surface area contributed by atoms with Crippen LogP contribution in [0.1, 0.15) is 10.4 Å². The van der Waals surface area contributed by atoms with Crippen LogP contribution in [-0.4, -0.2) is 17.1 Å². The molecule has 2 aromatic rings. The van der Waals surface area contributed by atoms with Gasteiger partial charge in [-0.2, -0.15) is 0 Å². The summed E-state index contributed by atoms with van der Waals surface area (Å²) < 4.78 is 13.0. The minimum atomic E-state index is -1.14. The first-order chi connectivity index (χ1) is 9.95. The molecule has 0 atom stereocenters. The number of nitrogens with one attached hydrogen (secondary N) is 2. The molecule has 0 fully saturated rings. The normalized spacial score (nSPS) is 10.0. The van der Waals surface area contributed by atoms with Crippen molar-refractivity contribution in [3.63, 3.8) is 0 Å². The molecule has 0 unspecified atom stereocenters. The van der Waals surface area contributed by atoms with Crippen LogP contribution in [0.5, 0.6) is 0 Å². The van der Waals surface area contributed by atoms with E-state index < -0.39 is 17.8 Å². The molecule has 0 heterocycles. The molecule has 21 heavy (non-hydrogen) atoms. The molecule has 7 heteroatoms. The number of hydrogen-bond acceptors (Lipinski definition) is 2. The summed E-state index contributed by atoms with van der Waals surface area (Å²) in [5.74, 6) is -1.63. The summed E-state index contributed by atoms with van der Waals surface area (Å²) in [6.07, 6.45) is 0. The average Bonchev–Trinajstić information content (AvgIpc) is 2.41. The molecule has 0 aliphatic heterocycles. The molecule has 0 spiro atoms. The fourth-order valence-corrected chi connectivity index (χ4v) is 1.77. The van der Waals surface area contributed by atoms with E-state index in [4.69, 9.17) is 16.7 Å². The van der Waals surface area contributed by atoms with Crippen molar-refractivity contribution >= 4 is 35.0 Å². The Labute approximate surface area is 124 Å². The Balaban J connectivity index is 2.12. The number of benzene rings is 2. The van der Waals surface area contributed by atoms with Gasteiger partial charge in [0.25, 0.3) is 0 Å². The van der Waals surface area contributed by atoms with Gasteiger partial charge in [0.15, 0.2) is 0 Å². The van der Waals surface area contributed by atoms with Gasteiger partial charge in [-0.05, 0) is 36.4 Å². The third kappa shape index (κ3) is 3.93. The Bertz CT molecular complexity index is 706. The van der Waals surface area contributed by atoms with E-state index in [-0.39, 0.29) is 22.0 Å². The van der Waals surface area contributed by atoms with Crippen molar-refractivity contribution in [2.24, 2.45) is 0 Å². The monoisotopic (exact) mass is 308 g/mol. The lowest BCUT2D eigenvalue weighted by atomic mass is 10.2. The molecule has 2 aromatic carbocycles. The van der Waals surface area contributed by atoms with E-state index in [9.17, 15) is 14.0 Å². The number of urea groups is 1. The fraction of sp³-hybridized carbons (Fsp3) is 0. The lowest BCUT2D eigenvalue weighted by Crippen LogP contribution is -2.20. The lowest BCUT2D eigenvalue weighted by Gasteiger charge is -2.09. The highest BCUT2D eigenvalue weighted by molar-refractivity contribution is 6.34. The largest absolute Gasteiger partial charge is 0.478 e. The zero-order valence-electron chi connectivity index (χ0n) is 10.6. The van der Waals surface area contributed by atoms with Crippen LogP contribution in [0.25, 0.3) is 0 Å². The molecule has 0 aliphatic rings. The van der Waals surface area contributed by atoms with Gasteiger partial charge in [0.05, 0.1) is 16.3 Å². The quantitative estimate of drug-likeness (QED) is 0.806. The van der Waals surface area contributed by atoms with Crippen LogP contribution >= 0.6 is 11.6 Å². The van der Waals surface area contributed by atoms with Crippen molar-refractivity contribution in [1.29, 1.82) is 0 Å². The standard InChI is InChI=1S/C14H10ClFN2O3/c15-11-5-4-8(13(19)20)6-12(11)18-14(21)17-10-3-1-2-9(16)7-10/h1-7H,(H,19,20)(H2,17,18,21). The van der Waals surface area contributed by atoms with E-state index in [1.54, 1.807) is 0 Å². The number of rotatable bonds is 3. The van der Waals surface area contributed by atoms with Gasteiger partial charge in [-0.1, -0.05) is 17.7 Å². The van der Waals surface area contributed by atoms with Crippen LogP contribution in [0.2, 0.25) is 5.02 Å². The number of carboxylic acid groups (broad SMARTS) is 1. The van der Waals surface area contributed by atoms with Crippen LogP contribution < -0.4 is 10.6 Å². The number of hydrogen-bond donors (Lipinski definition) is 3. The molecule has 2 rings (SSSR count). The van der Waals surface area contributed by atoms with Gasteiger partial charge in [-0.25, -0.2) is 14.0 Å². The Kier molecular flexibility index (Phi) is 4.39. The van der Waals surface area contributed by atoms with Gasteiger partial charge in [-0.15, -0.1) is 0 Å². The van der Waals surface area contributed by atoms with Crippen molar-refractivity contribution in [3.8, 4) is 0 Å². The second-order valence-electron chi connectivity index (χ2n) is 4.09. The van der Waals surface area contributed by atoms with E-state index in [0.717, 1.165) is 6.07 Å². The second kappa shape index (κ2) is 6.23. The number of carboxylic acids is 1. The van der Waals surface area contributed by atoms with Crippen molar-refractivity contribution in [3.05, 3.63) is 58.9 Å². The van der Waals surface area contributed by atoms with Gasteiger partial charge in [0, 0.05) is 5.69 Å². The SMILES string of the molecule is O=C(Nc1cccc(F)c1)Nc1cc(C(=O)O)ccc1Cl. The molecule has 0 bridgehead atoms. The molecule has 0 saturated heterocycles. The predicted molar refractivity (Wildman–Crippen MR) is 77.5 cm³/mol. The first-order valence-corrected chi connectivity index (χ1v) is 6.20. The van der Waals surface area contributed by atoms with Crippen molar-refractivity contribution < 1.29 is 19.1 Å². The Hall–Kier alpha value is -2.60. The summed E-state index contributed by atoms with van der Waals surface area (Å²) in [6.45, 7) is 0. The molecule has 108 valence electrons. The minimum absolute atomic E-state index is 0.0135. The van der Waals surface area contributed by atoms with E-state index >= 15 is 0 Å². The number of aromatic carboxylic acids is 1. The summed E-state index contributed by atoms with van der Waals surface area (Å²) in [4.78, 5) is 22.6. The number of carbonyl (C=O) groups is 2. The van der Waals surface area contributed by atoms with Gasteiger partial charge < -0.3 is 15.7 Å². The van der Waals surface area contributed by atoms with E-state index in [1.807, 2.05) is 0 Å². The topological polar surface area (TPSA) is 78.4 Å². The van der Waals surface area contributed by atoms with Crippen LogP contribution in [-0.2, 0) is 0 Å². The van der Waals surface area contributed by atoms with Gasteiger partial charge >= 0.3 is 12.0 Å². The lowest BCUT2D eigenvalue weighted by molar-refractivity contribution is 0.0697. The third-order valence-corrected chi connectivity index (χ3v) is 2.87. The summed E-state index contributed by atoms with van der Waals surface area (Å²) in [5, 5.41) is 13.9. The van der Waals surface area contributed by atoms with Crippen LogP contribution in [0.4, 0.5) is 20.6 Å². The summed E-state index contributed by atoms with van der Waals surface area (Å²) >= 11 is 5.88. The zero-order valence-corrected chi connectivity index (χ0v) is 11.3. The molecular weight excluding hydrogens is 299 g/mol. The Morgan fingerprint density at radius 2 is 1.86 bits per heavy atom. The van der Waals surface area contributed by atoms with Crippen LogP contribution in [0.15, 0.2) is 42.5 Å². The second-order valence-corrected chi connectivity index (χ2v) is 4.50. The maximum atomic E-state index is 13.0. The van der Waals surface area contributed by atoms with Gasteiger partial charge in [-0.3, -0.25) is 0 Å². The number of amides is 2. The highest BCUT2D eigenvalue weighted by Crippen LogP contribution is 2.23. The molecular formula is C14H10ClFN2O3. The predicted octanol–water partition coefficient (Wildman–Crippen LogP) is 3.82. The smallest absolute Gasteiger partial charge is 0.335 e. The van der Waals surface area contributed by atoms with Crippen molar-refractivity contribution in [2.75, 3.05) is 10.6 Å². The summed E-state index contributed by atoms with van der Waals surface area (Å²) in [5.41, 5.74) is 0.393. The highest BCUT2D eigenvalue weighted by Gasteiger charge is 2.10. The Morgan fingerprint density at radius 3 is 2.52 bits per heavy atom. The average molecular weight is 309 g/mol. The molecule has 2 amide bonds. The van der Waals surface area contributed by atoms with Gasteiger partial charge in [0.2, 0.25) is 0 Å². The maximum absolute atomic E-state index is 13.0. The van der Waals surface area contributed by atoms with Crippen LogP contribution in [0.3, 0.4) is 0 Å². The fourth-order valence-electron chi connectivity index (χ4n) is 1.60. The molecule has 0 aliphatic carbocycles. The Morgan fingerprint density at radius 1 is 1.10 bits per heavy atom. The first kappa shape index (κ1) is 14.8. The summed E-state index contributed by atoms with van der Waals surface area (Å²) in [6, 6.07) is 8.61. The molecule has 0 saturated carbocycles. The number of carbonyl (C=O) groups excluding carboxylic acids is 1. The van der Waals surface area contributed by atoms with Gasteiger partial charge in [0.1, 0.15) is 5.82 Å². The van der Waals surface area contributed by atoms with E-state index in [2.05, 4.69) is 10.6 Å². The highest BCUT2D eigenvalue weighted by atomic mass is 35.5. The molecule has 5 nitrogen and oxygen atoms in total. The van der Waals surface area contributed by atoms with E-state index in [0.29, 0.717) is 0 Å². The zero-order chi connectivity index (χ0) is 15.4. The number of anilines is 2. The van der Waals surface area contributed by atoms with Crippen molar-refractivity contribution in [1.82, 2.24) is 0 Å². The third-order valence-electron chi connectivity index (χ3n) is 2.54. The minimum Gasteiger partial charge on any atom is -0.478 e. The molecule has 3 N–H and O–H groups in total. The summed E-state index contributed by atoms with van der Waals surface area (Å²) in [7, 11) is 0. The molecule has 0 radical (unpaired) electrons. The molecule has 0 aromatic heterocycles. The van der Waals surface area contributed by atoms with Crippen molar-refractivity contribution in [2.45, 2.75) is 0 Å². The van der Waals surface area contributed by atoms with E-state index in [1.165, 1.54) is 36.4 Å². The first-order valence-electron chi connectivity index (χ1n) is 5.82.